The summed E-state index contributed by atoms with van der Waals surface area (Å²) in [6, 6.07) is 13.4. The van der Waals surface area contributed by atoms with Gasteiger partial charge in [0.2, 0.25) is 0 Å². The highest BCUT2D eigenvalue weighted by atomic mass is 32.2. The summed E-state index contributed by atoms with van der Waals surface area (Å²) in [4.78, 5) is 17.1. The fourth-order valence-corrected chi connectivity index (χ4v) is 5.24. The molecule has 1 saturated heterocycles. The smallest absolute Gasteiger partial charge is 0.339 e. The van der Waals surface area contributed by atoms with E-state index in [2.05, 4.69) is 21.8 Å². The summed E-state index contributed by atoms with van der Waals surface area (Å²) in [5.74, 6) is -2.61. The number of hydrogen-bond donors (Lipinski definition) is 2. The number of nitrogens with one attached hydrogen (secondary N) is 1. The van der Waals surface area contributed by atoms with Crippen molar-refractivity contribution in [3.63, 3.8) is 0 Å². The second-order valence-electron chi connectivity index (χ2n) is 8.20. The van der Waals surface area contributed by atoms with E-state index in [9.17, 15) is 27.1 Å². The first kappa shape index (κ1) is 23.6. The van der Waals surface area contributed by atoms with Crippen molar-refractivity contribution >= 4 is 27.5 Å². The second kappa shape index (κ2) is 9.76. The normalized spacial score (nSPS) is 14.7. The molecule has 10 heteroatoms. The Hall–Kier alpha value is -3.53. The lowest BCUT2D eigenvalue weighted by Gasteiger charge is -2.33. The van der Waals surface area contributed by atoms with Crippen LogP contribution in [0.5, 0.6) is 0 Å². The minimum Gasteiger partial charge on any atom is -0.478 e. The molecule has 0 saturated carbocycles. The number of hydrogen-bond acceptors (Lipinski definition) is 5. The number of pyridine rings is 1. The number of carboxylic acid groups (broad SMARTS) is 1. The Morgan fingerprint density at radius 3 is 2.47 bits per heavy atom. The van der Waals surface area contributed by atoms with Gasteiger partial charge in [-0.25, -0.2) is 27.0 Å². The van der Waals surface area contributed by atoms with Crippen molar-refractivity contribution in [1.29, 1.82) is 0 Å². The van der Waals surface area contributed by atoms with Crippen molar-refractivity contribution in [3.8, 4) is 0 Å². The summed E-state index contributed by atoms with van der Waals surface area (Å²) in [5, 5.41) is 9.71. The van der Waals surface area contributed by atoms with E-state index in [1.165, 1.54) is 11.8 Å². The first-order chi connectivity index (χ1) is 16.2. The molecule has 1 aliphatic rings. The Morgan fingerprint density at radius 1 is 1.09 bits per heavy atom. The number of carboxylic acids is 1. The molecule has 1 aromatic heterocycles. The SMILES string of the molecule is O=C(O)c1cc(NS(=O)(=O)c2cc(F)ccc2F)cnc1N1CCC(Cc2ccccc2)CC1. The van der Waals surface area contributed by atoms with Crippen LogP contribution in [0.15, 0.2) is 65.7 Å². The molecule has 1 fully saturated rings. The van der Waals surface area contributed by atoms with Crippen molar-refractivity contribution in [2.24, 2.45) is 5.92 Å². The number of benzene rings is 2. The van der Waals surface area contributed by atoms with Crippen LogP contribution in [0.2, 0.25) is 0 Å². The molecular formula is C24H23F2N3O4S. The average molecular weight is 488 g/mol. The van der Waals surface area contributed by atoms with Gasteiger partial charge in [-0.15, -0.1) is 0 Å². The lowest BCUT2D eigenvalue weighted by atomic mass is 9.90. The van der Waals surface area contributed by atoms with Crippen LogP contribution in [0.1, 0.15) is 28.8 Å². The van der Waals surface area contributed by atoms with Crippen molar-refractivity contribution < 1.29 is 27.1 Å². The highest BCUT2D eigenvalue weighted by Crippen LogP contribution is 2.29. The summed E-state index contributed by atoms with van der Waals surface area (Å²) < 4.78 is 54.5. The molecule has 178 valence electrons. The quantitative estimate of drug-likeness (QED) is 0.515. The van der Waals surface area contributed by atoms with E-state index in [1.807, 2.05) is 23.1 Å². The van der Waals surface area contributed by atoms with Gasteiger partial charge >= 0.3 is 5.97 Å². The van der Waals surface area contributed by atoms with E-state index < -0.39 is 32.5 Å². The Labute approximate surface area is 196 Å². The molecule has 0 atom stereocenters. The Morgan fingerprint density at radius 2 is 1.79 bits per heavy atom. The van der Waals surface area contributed by atoms with Crippen LogP contribution in [0, 0.1) is 17.6 Å². The zero-order chi connectivity index (χ0) is 24.3. The molecule has 3 aromatic rings. The Bertz CT molecular complexity index is 1290. The summed E-state index contributed by atoms with van der Waals surface area (Å²) in [7, 11) is -4.50. The first-order valence-corrected chi connectivity index (χ1v) is 12.2. The van der Waals surface area contributed by atoms with E-state index in [1.54, 1.807) is 0 Å². The van der Waals surface area contributed by atoms with Gasteiger partial charge in [-0.1, -0.05) is 30.3 Å². The third-order valence-electron chi connectivity index (χ3n) is 5.81. The summed E-state index contributed by atoms with van der Waals surface area (Å²) in [6.45, 7) is 1.23. The number of piperidine rings is 1. The van der Waals surface area contributed by atoms with Gasteiger partial charge in [0.1, 0.15) is 27.9 Å². The van der Waals surface area contributed by atoms with Crippen molar-refractivity contribution in [3.05, 3.63) is 83.6 Å². The number of carbonyl (C=O) groups is 1. The van der Waals surface area contributed by atoms with Crippen molar-refractivity contribution in [2.75, 3.05) is 22.7 Å². The van der Waals surface area contributed by atoms with Gasteiger partial charge in [-0.2, -0.15) is 0 Å². The molecule has 4 rings (SSSR count). The van der Waals surface area contributed by atoms with Crippen LogP contribution in [0.25, 0.3) is 0 Å². The third-order valence-corrected chi connectivity index (χ3v) is 7.21. The number of aromatic nitrogens is 1. The van der Waals surface area contributed by atoms with E-state index in [-0.39, 0.29) is 17.1 Å². The number of halogens is 2. The monoisotopic (exact) mass is 487 g/mol. The average Bonchev–Trinajstić information content (AvgIpc) is 2.81. The van der Waals surface area contributed by atoms with Gasteiger partial charge in [0.25, 0.3) is 10.0 Å². The Kier molecular flexibility index (Phi) is 6.78. The van der Waals surface area contributed by atoms with E-state index in [0.717, 1.165) is 31.4 Å². The Balaban J connectivity index is 1.50. The molecule has 0 aliphatic carbocycles. The number of sulfonamides is 1. The lowest BCUT2D eigenvalue weighted by Crippen LogP contribution is -2.36. The van der Waals surface area contributed by atoms with Gasteiger partial charge in [-0.05, 0) is 55.0 Å². The second-order valence-corrected chi connectivity index (χ2v) is 9.85. The minimum atomic E-state index is -4.50. The molecule has 0 bridgehead atoms. The topological polar surface area (TPSA) is 99.6 Å². The predicted molar refractivity (Wildman–Crippen MR) is 123 cm³/mol. The molecule has 0 amide bonds. The van der Waals surface area contributed by atoms with Gasteiger partial charge in [0.15, 0.2) is 0 Å². The van der Waals surface area contributed by atoms with Crippen LogP contribution < -0.4 is 9.62 Å². The maximum atomic E-state index is 13.9. The first-order valence-electron chi connectivity index (χ1n) is 10.7. The van der Waals surface area contributed by atoms with Crippen LogP contribution in [0.4, 0.5) is 20.3 Å². The van der Waals surface area contributed by atoms with Crippen LogP contribution >= 0.6 is 0 Å². The number of rotatable bonds is 7. The van der Waals surface area contributed by atoms with Crippen LogP contribution in [0.3, 0.4) is 0 Å². The van der Waals surface area contributed by atoms with Crippen molar-refractivity contribution in [2.45, 2.75) is 24.2 Å². The fourth-order valence-electron chi connectivity index (χ4n) is 4.11. The fraction of sp³-hybridized carbons (Fsp3) is 0.250. The van der Waals surface area contributed by atoms with E-state index in [4.69, 9.17) is 0 Å². The molecule has 1 aliphatic heterocycles. The standard InChI is InChI=1S/C24H23F2N3O4S/c25-18-6-7-21(26)22(13-18)34(32,33)28-19-14-20(24(30)31)23(27-15-19)29-10-8-17(9-11-29)12-16-4-2-1-3-5-16/h1-7,13-15,17,28H,8-12H2,(H,30,31). The summed E-state index contributed by atoms with van der Waals surface area (Å²) >= 11 is 0. The maximum Gasteiger partial charge on any atom is 0.339 e. The largest absolute Gasteiger partial charge is 0.478 e. The predicted octanol–water partition coefficient (Wildman–Crippen LogP) is 4.32. The number of anilines is 2. The molecule has 34 heavy (non-hydrogen) atoms. The molecular weight excluding hydrogens is 464 g/mol. The third kappa shape index (κ3) is 5.33. The molecule has 0 radical (unpaired) electrons. The van der Waals surface area contributed by atoms with Gasteiger partial charge in [-0.3, -0.25) is 4.72 Å². The highest BCUT2D eigenvalue weighted by Gasteiger charge is 2.26. The number of aromatic carboxylic acids is 1. The lowest BCUT2D eigenvalue weighted by molar-refractivity contribution is 0.0697. The summed E-state index contributed by atoms with van der Waals surface area (Å²) in [5.41, 5.74) is 0.918. The molecule has 2 heterocycles. The zero-order valence-electron chi connectivity index (χ0n) is 18.1. The minimum absolute atomic E-state index is 0.163. The van der Waals surface area contributed by atoms with Gasteiger partial charge in [0.05, 0.1) is 11.9 Å². The van der Waals surface area contributed by atoms with Gasteiger partial charge < -0.3 is 10.0 Å². The van der Waals surface area contributed by atoms with Crippen LogP contribution in [-0.2, 0) is 16.4 Å². The van der Waals surface area contributed by atoms with E-state index >= 15 is 0 Å². The maximum absolute atomic E-state index is 13.9. The molecule has 2 N–H and O–H groups in total. The van der Waals surface area contributed by atoms with Crippen molar-refractivity contribution in [1.82, 2.24) is 4.98 Å². The molecule has 0 unspecified atom stereocenters. The van der Waals surface area contributed by atoms with Crippen LogP contribution in [-0.4, -0.2) is 37.6 Å². The highest BCUT2D eigenvalue weighted by molar-refractivity contribution is 7.92. The number of nitrogens with zero attached hydrogens (tertiary/aromatic N) is 2. The summed E-state index contributed by atoms with van der Waals surface area (Å²) in [6.07, 6.45) is 3.85. The molecule has 7 nitrogen and oxygen atoms in total. The van der Waals surface area contributed by atoms with E-state index in [0.29, 0.717) is 31.1 Å². The van der Waals surface area contributed by atoms with Gasteiger partial charge in [0, 0.05) is 13.1 Å². The molecule has 0 spiro atoms. The molecule has 2 aromatic carbocycles. The zero-order valence-corrected chi connectivity index (χ0v) is 18.9.